The second-order valence-corrected chi connectivity index (χ2v) is 7.49. The Morgan fingerprint density at radius 1 is 1.08 bits per heavy atom. The zero-order valence-electron chi connectivity index (χ0n) is 17.3. The highest BCUT2D eigenvalue weighted by atomic mass is 16.5. The molecule has 0 N–H and O–H groups in total. The van der Waals surface area contributed by atoms with Crippen molar-refractivity contribution in [1.82, 2.24) is 0 Å². The first-order valence-electron chi connectivity index (χ1n) is 10.1. The number of carbonyl (C=O) groups is 1. The SMILES string of the molecule is CCc1ccc(OC(=O)/C=C(C)/C=C/CC(C)CCCC(C)CC)cc1. The fourth-order valence-corrected chi connectivity index (χ4v) is 2.80. The number of hydrogen-bond acceptors (Lipinski definition) is 2. The maximum absolute atomic E-state index is 12.0. The van der Waals surface area contributed by atoms with Crippen LogP contribution in [0.3, 0.4) is 0 Å². The van der Waals surface area contributed by atoms with E-state index in [2.05, 4.69) is 33.8 Å². The Labute approximate surface area is 160 Å². The molecule has 0 bridgehead atoms. The molecule has 2 unspecified atom stereocenters. The number of ether oxygens (including phenoxy) is 1. The van der Waals surface area contributed by atoms with E-state index in [0.717, 1.165) is 24.3 Å². The van der Waals surface area contributed by atoms with E-state index in [4.69, 9.17) is 4.74 Å². The molecule has 2 heteroatoms. The quantitative estimate of drug-likeness (QED) is 0.186. The van der Waals surface area contributed by atoms with Gasteiger partial charge in [-0.15, -0.1) is 0 Å². The van der Waals surface area contributed by atoms with E-state index >= 15 is 0 Å². The standard InChI is InChI=1S/C24H36O2/c1-6-19(3)10-8-11-20(4)12-9-13-21(5)18-24(25)26-23-16-14-22(7-2)15-17-23/h9,13-20H,6-8,10-12H2,1-5H3/b13-9+,21-18+. The summed E-state index contributed by atoms with van der Waals surface area (Å²) in [5.74, 6) is 1.80. The van der Waals surface area contributed by atoms with Crippen LogP contribution in [0.4, 0.5) is 0 Å². The maximum Gasteiger partial charge on any atom is 0.336 e. The summed E-state index contributed by atoms with van der Waals surface area (Å²) in [7, 11) is 0. The van der Waals surface area contributed by atoms with Gasteiger partial charge in [-0.25, -0.2) is 4.79 Å². The summed E-state index contributed by atoms with van der Waals surface area (Å²) in [5, 5.41) is 0. The highest BCUT2D eigenvalue weighted by Crippen LogP contribution is 2.18. The molecule has 0 aliphatic rings. The first-order chi connectivity index (χ1) is 12.4. The van der Waals surface area contributed by atoms with Crippen molar-refractivity contribution in [2.45, 2.75) is 73.1 Å². The van der Waals surface area contributed by atoms with Crippen molar-refractivity contribution in [3.63, 3.8) is 0 Å². The maximum atomic E-state index is 12.0. The Balaban J connectivity index is 2.36. The van der Waals surface area contributed by atoms with Gasteiger partial charge in [0.2, 0.25) is 0 Å². The van der Waals surface area contributed by atoms with Crippen LogP contribution in [0.15, 0.2) is 48.1 Å². The lowest BCUT2D eigenvalue weighted by Gasteiger charge is -2.11. The van der Waals surface area contributed by atoms with Crippen LogP contribution >= 0.6 is 0 Å². The molecular weight excluding hydrogens is 320 g/mol. The minimum absolute atomic E-state index is 0.321. The molecule has 0 aliphatic carbocycles. The summed E-state index contributed by atoms with van der Waals surface area (Å²) >= 11 is 0. The third kappa shape index (κ3) is 9.60. The van der Waals surface area contributed by atoms with Crippen molar-refractivity contribution in [2.24, 2.45) is 11.8 Å². The smallest absolute Gasteiger partial charge is 0.336 e. The van der Waals surface area contributed by atoms with Gasteiger partial charge in [-0.2, -0.15) is 0 Å². The molecule has 0 saturated carbocycles. The molecule has 26 heavy (non-hydrogen) atoms. The Bertz CT molecular complexity index is 581. The van der Waals surface area contributed by atoms with Crippen LogP contribution in [0.5, 0.6) is 5.75 Å². The van der Waals surface area contributed by atoms with E-state index in [1.807, 2.05) is 37.3 Å². The van der Waals surface area contributed by atoms with E-state index < -0.39 is 0 Å². The van der Waals surface area contributed by atoms with Gasteiger partial charge in [0, 0.05) is 6.08 Å². The van der Waals surface area contributed by atoms with Crippen LogP contribution in [0.25, 0.3) is 0 Å². The molecule has 1 rings (SSSR count). The van der Waals surface area contributed by atoms with Crippen molar-refractivity contribution in [1.29, 1.82) is 0 Å². The molecule has 2 nitrogen and oxygen atoms in total. The summed E-state index contributed by atoms with van der Waals surface area (Å²) in [4.78, 5) is 12.0. The third-order valence-electron chi connectivity index (χ3n) is 4.91. The molecule has 0 amide bonds. The molecule has 1 aromatic carbocycles. The van der Waals surface area contributed by atoms with Crippen LogP contribution in [-0.4, -0.2) is 5.97 Å². The molecule has 144 valence electrons. The van der Waals surface area contributed by atoms with Crippen molar-refractivity contribution in [2.75, 3.05) is 0 Å². The first kappa shape index (κ1) is 22.2. The summed E-state index contributed by atoms with van der Waals surface area (Å²) in [6.45, 7) is 10.9. The topological polar surface area (TPSA) is 26.3 Å². The van der Waals surface area contributed by atoms with Crippen LogP contribution in [0.2, 0.25) is 0 Å². The average molecular weight is 357 g/mol. The minimum atomic E-state index is -0.321. The minimum Gasteiger partial charge on any atom is -0.423 e. The van der Waals surface area contributed by atoms with Gasteiger partial charge in [-0.3, -0.25) is 0 Å². The monoisotopic (exact) mass is 356 g/mol. The van der Waals surface area contributed by atoms with Gasteiger partial charge in [0.15, 0.2) is 0 Å². The number of allylic oxidation sites excluding steroid dienone is 3. The molecule has 0 radical (unpaired) electrons. The van der Waals surface area contributed by atoms with Crippen LogP contribution in [0.1, 0.15) is 72.3 Å². The Hall–Kier alpha value is -1.83. The Morgan fingerprint density at radius 3 is 2.35 bits per heavy atom. The number of esters is 1. The molecular formula is C24H36O2. The average Bonchev–Trinajstić information content (AvgIpc) is 2.62. The summed E-state index contributed by atoms with van der Waals surface area (Å²) in [5.41, 5.74) is 2.16. The molecule has 1 aromatic rings. The second-order valence-electron chi connectivity index (χ2n) is 7.49. The van der Waals surface area contributed by atoms with Crippen molar-refractivity contribution in [3.8, 4) is 5.75 Å². The molecule has 0 fully saturated rings. The number of hydrogen-bond donors (Lipinski definition) is 0. The second kappa shape index (κ2) is 12.5. The summed E-state index contributed by atoms with van der Waals surface area (Å²) < 4.78 is 5.35. The number of rotatable bonds is 11. The number of benzene rings is 1. The lowest BCUT2D eigenvalue weighted by Crippen LogP contribution is -2.04. The fourth-order valence-electron chi connectivity index (χ4n) is 2.80. The van der Waals surface area contributed by atoms with Gasteiger partial charge < -0.3 is 4.74 Å². The van der Waals surface area contributed by atoms with E-state index in [9.17, 15) is 4.79 Å². The first-order valence-corrected chi connectivity index (χ1v) is 10.1. The van der Waals surface area contributed by atoms with Gasteiger partial charge in [0.25, 0.3) is 0 Å². The van der Waals surface area contributed by atoms with Crippen LogP contribution in [-0.2, 0) is 11.2 Å². The summed E-state index contributed by atoms with van der Waals surface area (Å²) in [6.07, 6.45) is 13.0. The predicted molar refractivity (Wildman–Crippen MR) is 111 cm³/mol. The summed E-state index contributed by atoms with van der Waals surface area (Å²) in [6, 6.07) is 7.66. The highest BCUT2D eigenvalue weighted by molar-refractivity contribution is 5.85. The highest BCUT2D eigenvalue weighted by Gasteiger charge is 2.04. The third-order valence-corrected chi connectivity index (χ3v) is 4.91. The van der Waals surface area contributed by atoms with Crippen molar-refractivity contribution < 1.29 is 9.53 Å². The van der Waals surface area contributed by atoms with Gasteiger partial charge in [-0.05, 0) is 54.9 Å². The molecule has 0 heterocycles. The van der Waals surface area contributed by atoms with Gasteiger partial charge >= 0.3 is 5.97 Å². The predicted octanol–water partition coefficient (Wildman–Crippen LogP) is 6.90. The Kier molecular flexibility index (Phi) is 10.7. The number of carbonyl (C=O) groups excluding carboxylic acids is 1. The largest absolute Gasteiger partial charge is 0.423 e. The lowest BCUT2D eigenvalue weighted by atomic mass is 9.95. The molecule has 0 aliphatic heterocycles. The zero-order chi connectivity index (χ0) is 19.4. The fraction of sp³-hybridized carbons (Fsp3) is 0.542. The van der Waals surface area contributed by atoms with E-state index in [1.165, 1.54) is 31.2 Å². The molecule has 2 atom stereocenters. The van der Waals surface area contributed by atoms with E-state index in [0.29, 0.717) is 11.7 Å². The van der Waals surface area contributed by atoms with E-state index in [-0.39, 0.29) is 5.97 Å². The zero-order valence-corrected chi connectivity index (χ0v) is 17.3. The van der Waals surface area contributed by atoms with Crippen molar-refractivity contribution in [3.05, 3.63) is 53.6 Å². The Morgan fingerprint density at radius 2 is 1.73 bits per heavy atom. The molecule has 0 spiro atoms. The lowest BCUT2D eigenvalue weighted by molar-refractivity contribution is -0.129. The van der Waals surface area contributed by atoms with Crippen LogP contribution < -0.4 is 4.74 Å². The van der Waals surface area contributed by atoms with Gasteiger partial charge in [0.05, 0.1) is 0 Å². The molecule has 0 aromatic heterocycles. The van der Waals surface area contributed by atoms with Crippen molar-refractivity contribution >= 4 is 5.97 Å². The normalized spacial score (nSPS) is 14.4. The van der Waals surface area contributed by atoms with Gasteiger partial charge in [-0.1, -0.05) is 77.7 Å². The number of aryl methyl sites for hydroxylation is 1. The van der Waals surface area contributed by atoms with E-state index in [1.54, 1.807) is 6.08 Å². The van der Waals surface area contributed by atoms with Crippen LogP contribution in [0, 0.1) is 11.8 Å². The van der Waals surface area contributed by atoms with Gasteiger partial charge in [0.1, 0.15) is 5.75 Å². The molecule has 0 saturated heterocycles.